The lowest BCUT2D eigenvalue weighted by atomic mass is 10.0. The average molecular weight is 410 g/mol. The largest absolute Gasteiger partial charge is 0.493 e. The van der Waals surface area contributed by atoms with Crippen molar-refractivity contribution in [3.8, 4) is 11.5 Å². The molecule has 0 aliphatic heterocycles. The molecule has 0 radical (unpaired) electrons. The molecule has 0 aliphatic rings. The smallest absolute Gasteiger partial charge is 0.291 e. The number of methoxy groups -OCH3 is 2. The molecule has 0 bridgehead atoms. The van der Waals surface area contributed by atoms with Crippen LogP contribution in [0.1, 0.15) is 37.6 Å². The van der Waals surface area contributed by atoms with Gasteiger partial charge in [0.25, 0.3) is 11.8 Å². The van der Waals surface area contributed by atoms with Crippen molar-refractivity contribution in [2.75, 3.05) is 33.6 Å². The van der Waals surface area contributed by atoms with Gasteiger partial charge in [0.15, 0.2) is 17.3 Å². The van der Waals surface area contributed by atoms with E-state index in [0.717, 1.165) is 22.1 Å². The maximum absolute atomic E-state index is 13.1. The number of nitrogens with one attached hydrogen (secondary N) is 1. The van der Waals surface area contributed by atoms with Crippen LogP contribution in [0.2, 0.25) is 0 Å². The molecule has 2 amide bonds. The van der Waals surface area contributed by atoms with Gasteiger partial charge in [-0.15, -0.1) is 0 Å². The second kappa shape index (κ2) is 8.10. The fourth-order valence-electron chi connectivity index (χ4n) is 3.47. The van der Waals surface area contributed by atoms with Gasteiger partial charge in [0.2, 0.25) is 0 Å². The molecule has 2 aromatic carbocycles. The first kappa shape index (κ1) is 21.2. The topological polar surface area (TPSA) is 81.0 Å². The van der Waals surface area contributed by atoms with Crippen molar-refractivity contribution >= 4 is 28.5 Å². The van der Waals surface area contributed by atoms with E-state index in [1.807, 2.05) is 32.9 Å². The lowest BCUT2D eigenvalue weighted by molar-refractivity contribution is 0.0828. The van der Waals surface area contributed by atoms with Gasteiger partial charge >= 0.3 is 0 Å². The quantitative estimate of drug-likeness (QED) is 0.677. The third-order valence-corrected chi connectivity index (χ3v) is 5.10. The summed E-state index contributed by atoms with van der Waals surface area (Å²) in [5, 5.41) is 3.74. The fourth-order valence-corrected chi connectivity index (χ4v) is 3.47. The van der Waals surface area contributed by atoms with Gasteiger partial charge in [-0.2, -0.15) is 0 Å². The van der Waals surface area contributed by atoms with E-state index in [9.17, 15) is 9.59 Å². The van der Waals surface area contributed by atoms with Crippen molar-refractivity contribution in [3.63, 3.8) is 0 Å². The summed E-state index contributed by atoms with van der Waals surface area (Å²) in [5.41, 5.74) is 4.02. The monoisotopic (exact) mass is 410 g/mol. The van der Waals surface area contributed by atoms with Crippen LogP contribution in [0.4, 0.5) is 5.69 Å². The summed E-state index contributed by atoms with van der Waals surface area (Å²) in [4.78, 5) is 27.3. The molecule has 158 valence electrons. The molecular weight excluding hydrogens is 384 g/mol. The molecule has 0 unspecified atom stereocenters. The Morgan fingerprint density at radius 1 is 0.967 bits per heavy atom. The molecule has 1 N–H and O–H groups in total. The predicted octanol–water partition coefficient (Wildman–Crippen LogP) is 4.33. The van der Waals surface area contributed by atoms with Gasteiger partial charge in [-0.05, 0) is 38.0 Å². The van der Waals surface area contributed by atoms with Crippen LogP contribution in [0.5, 0.6) is 11.5 Å². The lowest BCUT2D eigenvalue weighted by Crippen LogP contribution is -2.24. The van der Waals surface area contributed by atoms with Crippen LogP contribution in [0, 0.1) is 20.8 Å². The molecule has 1 heterocycles. The van der Waals surface area contributed by atoms with Crippen LogP contribution >= 0.6 is 0 Å². The van der Waals surface area contributed by atoms with Crippen molar-refractivity contribution < 1.29 is 23.5 Å². The molecule has 7 nitrogen and oxygen atoms in total. The van der Waals surface area contributed by atoms with Crippen molar-refractivity contribution in [1.82, 2.24) is 4.90 Å². The van der Waals surface area contributed by atoms with Crippen LogP contribution in [0.25, 0.3) is 11.0 Å². The van der Waals surface area contributed by atoms with E-state index in [-0.39, 0.29) is 17.2 Å². The van der Waals surface area contributed by atoms with Gasteiger partial charge in [0.1, 0.15) is 5.58 Å². The summed E-state index contributed by atoms with van der Waals surface area (Å²) in [7, 11) is 6.26. The number of aryl methyl sites for hydroxylation is 3. The Labute approximate surface area is 175 Å². The standard InChI is InChI=1S/C23H26N2O5/c1-12-8-9-13(2)20-19(12)14(3)21(30-20)22(26)24-16-11-18(29-7)17(28-6)10-15(16)23(27)25(4)5/h8-11H,1-7H3,(H,24,26). The predicted molar refractivity (Wildman–Crippen MR) is 116 cm³/mol. The van der Waals surface area contributed by atoms with E-state index in [4.69, 9.17) is 13.9 Å². The summed E-state index contributed by atoms with van der Waals surface area (Å²) in [6.07, 6.45) is 0. The van der Waals surface area contributed by atoms with E-state index >= 15 is 0 Å². The molecule has 0 saturated heterocycles. The highest BCUT2D eigenvalue weighted by atomic mass is 16.5. The maximum Gasteiger partial charge on any atom is 0.291 e. The molecule has 0 fully saturated rings. The lowest BCUT2D eigenvalue weighted by Gasteiger charge is -2.17. The van der Waals surface area contributed by atoms with E-state index in [1.165, 1.54) is 19.1 Å². The second-order valence-electron chi connectivity index (χ2n) is 7.37. The molecule has 0 saturated carbocycles. The molecule has 0 aliphatic carbocycles. The van der Waals surface area contributed by atoms with Gasteiger partial charge in [0, 0.05) is 31.1 Å². The fraction of sp³-hybridized carbons (Fsp3) is 0.304. The Kier molecular flexibility index (Phi) is 5.73. The number of furan rings is 1. The van der Waals surface area contributed by atoms with Crippen LogP contribution in [-0.4, -0.2) is 45.0 Å². The Bertz CT molecular complexity index is 1140. The minimum atomic E-state index is -0.442. The van der Waals surface area contributed by atoms with E-state index in [1.54, 1.807) is 26.2 Å². The Hall–Kier alpha value is -3.48. The number of amides is 2. The van der Waals surface area contributed by atoms with Gasteiger partial charge in [-0.25, -0.2) is 0 Å². The Morgan fingerprint density at radius 2 is 1.57 bits per heavy atom. The Morgan fingerprint density at radius 3 is 2.13 bits per heavy atom. The van der Waals surface area contributed by atoms with Crippen molar-refractivity contribution in [2.24, 2.45) is 0 Å². The first-order valence-electron chi connectivity index (χ1n) is 9.47. The molecule has 0 spiro atoms. The first-order valence-corrected chi connectivity index (χ1v) is 9.47. The SMILES string of the molecule is COc1cc(NC(=O)c2oc3c(C)ccc(C)c3c2C)c(C(=O)N(C)C)cc1OC. The zero-order chi connectivity index (χ0) is 22.2. The minimum absolute atomic E-state index is 0.209. The summed E-state index contributed by atoms with van der Waals surface area (Å²) >= 11 is 0. The van der Waals surface area contributed by atoms with Crippen LogP contribution in [-0.2, 0) is 0 Å². The third-order valence-electron chi connectivity index (χ3n) is 5.10. The summed E-state index contributed by atoms with van der Waals surface area (Å²) < 4.78 is 16.6. The number of ether oxygens (including phenoxy) is 2. The van der Waals surface area contributed by atoms with E-state index in [2.05, 4.69) is 5.32 Å². The minimum Gasteiger partial charge on any atom is -0.493 e. The highest BCUT2D eigenvalue weighted by Crippen LogP contribution is 2.35. The highest BCUT2D eigenvalue weighted by molar-refractivity contribution is 6.10. The van der Waals surface area contributed by atoms with Gasteiger partial charge in [-0.3, -0.25) is 9.59 Å². The number of carbonyl (C=O) groups excluding carboxylic acids is 2. The van der Waals surface area contributed by atoms with E-state index in [0.29, 0.717) is 22.8 Å². The number of nitrogens with zero attached hydrogens (tertiary/aromatic N) is 1. The van der Waals surface area contributed by atoms with Gasteiger partial charge in [-0.1, -0.05) is 12.1 Å². The summed E-state index contributed by atoms with van der Waals surface area (Å²) in [6.45, 7) is 5.77. The van der Waals surface area contributed by atoms with Crippen molar-refractivity contribution in [2.45, 2.75) is 20.8 Å². The van der Waals surface area contributed by atoms with Crippen LogP contribution < -0.4 is 14.8 Å². The average Bonchev–Trinajstić information content (AvgIpc) is 3.08. The Balaban J connectivity index is 2.10. The molecule has 0 atom stereocenters. The van der Waals surface area contributed by atoms with Gasteiger partial charge in [0.05, 0.1) is 25.5 Å². The normalized spacial score (nSPS) is 10.8. The number of fused-ring (bicyclic) bond motifs is 1. The molecular formula is C23H26N2O5. The summed E-state index contributed by atoms with van der Waals surface area (Å²) in [6, 6.07) is 7.09. The zero-order valence-electron chi connectivity index (χ0n) is 18.3. The second-order valence-corrected chi connectivity index (χ2v) is 7.37. The van der Waals surface area contributed by atoms with Crippen molar-refractivity contribution in [3.05, 3.63) is 52.3 Å². The molecule has 3 rings (SSSR count). The number of anilines is 1. The maximum atomic E-state index is 13.1. The number of hydrogen-bond acceptors (Lipinski definition) is 5. The summed E-state index contributed by atoms with van der Waals surface area (Å²) in [5.74, 6) is 0.283. The number of carbonyl (C=O) groups is 2. The highest BCUT2D eigenvalue weighted by Gasteiger charge is 2.24. The molecule has 1 aromatic heterocycles. The van der Waals surface area contributed by atoms with Crippen molar-refractivity contribution in [1.29, 1.82) is 0 Å². The zero-order valence-corrected chi connectivity index (χ0v) is 18.3. The van der Waals surface area contributed by atoms with Crippen LogP contribution in [0.15, 0.2) is 28.7 Å². The number of hydrogen-bond donors (Lipinski definition) is 1. The molecule has 30 heavy (non-hydrogen) atoms. The third kappa shape index (κ3) is 3.58. The molecule has 3 aromatic rings. The van der Waals surface area contributed by atoms with E-state index < -0.39 is 5.91 Å². The van der Waals surface area contributed by atoms with Gasteiger partial charge < -0.3 is 24.1 Å². The van der Waals surface area contributed by atoms with Crippen LogP contribution in [0.3, 0.4) is 0 Å². The first-order chi connectivity index (χ1) is 14.2. The number of rotatable bonds is 5. The molecule has 7 heteroatoms. The number of benzene rings is 2.